The Labute approximate surface area is 135 Å². The van der Waals surface area contributed by atoms with Gasteiger partial charge in [-0.25, -0.2) is 9.67 Å². The molecule has 3 aromatic rings. The van der Waals surface area contributed by atoms with Gasteiger partial charge in [-0.1, -0.05) is 30.3 Å². The number of nitrogens with one attached hydrogen (secondary N) is 1. The first-order chi connectivity index (χ1) is 11.4. The van der Waals surface area contributed by atoms with E-state index in [0.717, 1.165) is 38.3 Å². The van der Waals surface area contributed by atoms with Gasteiger partial charge in [-0.15, -0.1) is 0 Å². The van der Waals surface area contributed by atoms with Crippen molar-refractivity contribution in [1.29, 1.82) is 0 Å². The Kier molecular flexibility index (Phi) is 3.90. The van der Waals surface area contributed by atoms with Crippen molar-refractivity contribution in [1.82, 2.24) is 29.9 Å². The lowest BCUT2D eigenvalue weighted by atomic mass is 10.1. The second-order valence-corrected chi connectivity index (χ2v) is 6.01. The predicted molar refractivity (Wildman–Crippen MR) is 86.7 cm³/mol. The van der Waals surface area contributed by atoms with Gasteiger partial charge in [0.15, 0.2) is 0 Å². The minimum Gasteiger partial charge on any atom is -0.308 e. The lowest BCUT2D eigenvalue weighted by Gasteiger charge is -2.23. The van der Waals surface area contributed by atoms with Gasteiger partial charge in [0, 0.05) is 30.8 Å². The van der Waals surface area contributed by atoms with E-state index in [1.54, 1.807) is 6.33 Å². The number of rotatable bonds is 5. The molecule has 1 aliphatic rings. The molecule has 23 heavy (non-hydrogen) atoms. The van der Waals surface area contributed by atoms with E-state index < -0.39 is 0 Å². The van der Waals surface area contributed by atoms with Gasteiger partial charge >= 0.3 is 0 Å². The second kappa shape index (κ2) is 6.34. The largest absolute Gasteiger partial charge is 0.308 e. The fourth-order valence-electron chi connectivity index (χ4n) is 3.02. The predicted octanol–water partition coefficient (Wildman–Crippen LogP) is 1.63. The van der Waals surface area contributed by atoms with Gasteiger partial charge in [0.25, 0.3) is 0 Å². The Morgan fingerprint density at radius 3 is 2.96 bits per heavy atom. The van der Waals surface area contributed by atoms with Gasteiger partial charge in [-0.2, -0.15) is 10.2 Å². The highest BCUT2D eigenvalue weighted by atomic mass is 15.3. The Morgan fingerprint density at radius 2 is 2.04 bits per heavy atom. The molecule has 0 bridgehead atoms. The SMILES string of the molecule is c1ccc(Cn2cc(CN[C@@H]3CCc4ncnn4C3)cn2)cc1. The third kappa shape index (κ3) is 3.32. The summed E-state index contributed by atoms with van der Waals surface area (Å²) in [5, 5.41) is 12.3. The summed E-state index contributed by atoms with van der Waals surface area (Å²) in [6.45, 7) is 2.55. The monoisotopic (exact) mass is 308 g/mol. The molecule has 0 spiro atoms. The van der Waals surface area contributed by atoms with Crippen LogP contribution >= 0.6 is 0 Å². The molecule has 1 aromatic carbocycles. The highest BCUT2D eigenvalue weighted by molar-refractivity contribution is 5.15. The maximum atomic E-state index is 4.45. The first-order valence-corrected chi connectivity index (χ1v) is 8.02. The van der Waals surface area contributed by atoms with Gasteiger partial charge in [0.1, 0.15) is 12.2 Å². The molecular weight excluding hydrogens is 288 g/mol. The maximum absolute atomic E-state index is 4.45. The van der Waals surface area contributed by atoms with E-state index >= 15 is 0 Å². The number of aryl methyl sites for hydroxylation is 1. The first-order valence-electron chi connectivity index (χ1n) is 8.02. The molecule has 4 rings (SSSR count). The van der Waals surface area contributed by atoms with E-state index in [9.17, 15) is 0 Å². The van der Waals surface area contributed by atoms with E-state index in [2.05, 4.69) is 51.0 Å². The maximum Gasteiger partial charge on any atom is 0.138 e. The molecule has 6 nitrogen and oxygen atoms in total. The van der Waals surface area contributed by atoms with Gasteiger partial charge < -0.3 is 5.32 Å². The molecule has 0 amide bonds. The summed E-state index contributed by atoms with van der Waals surface area (Å²) >= 11 is 0. The molecule has 118 valence electrons. The first kappa shape index (κ1) is 14.1. The number of aromatic nitrogens is 5. The van der Waals surface area contributed by atoms with Gasteiger partial charge in [-0.3, -0.25) is 4.68 Å². The van der Waals surface area contributed by atoms with E-state index in [-0.39, 0.29) is 0 Å². The Balaban J connectivity index is 1.32. The molecule has 0 saturated heterocycles. The van der Waals surface area contributed by atoms with Crippen molar-refractivity contribution >= 4 is 0 Å². The van der Waals surface area contributed by atoms with Crippen molar-refractivity contribution in [3.63, 3.8) is 0 Å². The molecule has 0 unspecified atom stereocenters. The Morgan fingerprint density at radius 1 is 1.13 bits per heavy atom. The minimum absolute atomic E-state index is 0.446. The smallest absolute Gasteiger partial charge is 0.138 e. The molecule has 1 N–H and O–H groups in total. The zero-order chi connectivity index (χ0) is 15.5. The van der Waals surface area contributed by atoms with Crippen LogP contribution in [0.25, 0.3) is 0 Å². The summed E-state index contributed by atoms with van der Waals surface area (Å²) < 4.78 is 3.99. The van der Waals surface area contributed by atoms with E-state index in [0.29, 0.717) is 6.04 Å². The molecule has 1 atom stereocenters. The minimum atomic E-state index is 0.446. The highest BCUT2D eigenvalue weighted by Crippen LogP contribution is 2.12. The van der Waals surface area contributed by atoms with E-state index in [1.165, 1.54) is 11.1 Å². The van der Waals surface area contributed by atoms with Crippen molar-refractivity contribution in [3.8, 4) is 0 Å². The van der Waals surface area contributed by atoms with Gasteiger partial charge in [0.05, 0.1) is 19.3 Å². The fourth-order valence-corrected chi connectivity index (χ4v) is 3.02. The number of nitrogens with zero attached hydrogens (tertiary/aromatic N) is 5. The van der Waals surface area contributed by atoms with Crippen LogP contribution in [0.4, 0.5) is 0 Å². The molecule has 0 radical (unpaired) electrons. The third-order valence-electron chi connectivity index (χ3n) is 4.27. The molecule has 0 aliphatic carbocycles. The molecular formula is C17H20N6. The van der Waals surface area contributed by atoms with Crippen LogP contribution in [0.3, 0.4) is 0 Å². The molecule has 0 saturated carbocycles. The molecule has 1 aliphatic heterocycles. The molecule has 2 aromatic heterocycles. The number of benzene rings is 1. The Hall–Kier alpha value is -2.47. The summed E-state index contributed by atoms with van der Waals surface area (Å²) in [5.41, 5.74) is 2.48. The molecule has 3 heterocycles. The fraction of sp³-hybridized carbons (Fsp3) is 0.353. The number of hydrogen-bond donors (Lipinski definition) is 1. The summed E-state index contributed by atoms with van der Waals surface area (Å²) in [5.74, 6) is 1.10. The molecule has 0 fully saturated rings. The van der Waals surface area contributed by atoms with E-state index in [1.807, 2.05) is 21.6 Å². The number of fused-ring (bicyclic) bond motifs is 1. The second-order valence-electron chi connectivity index (χ2n) is 6.01. The Bertz CT molecular complexity index is 760. The summed E-state index contributed by atoms with van der Waals surface area (Å²) in [4.78, 5) is 4.26. The summed E-state index contributed by atoms with van der Waals surface area (Å²) in [7, 11) is 0. The topological polar surface area (TPSA) is 60.6 Å². The summed E-state index contributed by atoms with van der Waals surface area (Å²) in [6.07, 6.45) is 7.80. The molecule has 6 heteroatoms. The number of hydrogen-bond acceptors (Lipinski definition) is 4. The summed E-state index contributed by atoms with van der Waals surface area (Å²) in [6, 6.07) is 10.8. The van der Waals surface area contributed by atoms with Gasteiger partial charge in [-0.05, 0) is 12.0 Å². The standard InChI is InChI=1S/C17H20N6/c1-2-4-14(5-3-1)10-22-11-15(9-20-22)8-18-16-6-7-17-19-13-21-23(17)12-16/h1-5,9,11,13,16,18H,6-8,10,12H2/t16-/m1/s1. The lowest BCUT2D eigenvalue weighted by molar-refractivity contribution is 0.358. The van der Waals surface area contributed by atoms with Crippen molar-refractivity contribution in [3.05, 3.63) is 66.0 Å². The van der Waals surface area contributed by atoms with Crippen molar-refractivity contribution in [2.24, 2.45) is 0 Å². The average Bonchev–Trinajstić information content (AvgIpc) is 3.22. The van der Waals surface area contributed by atoms with Crippen LogP contribution in [-0.4, -0.2) is 30.6 Å². The van der Waals surface area contributed by atoms with Crippen molar-refractivity contribution < 1.29 is 0 Å². The highest BCUT2D eigenvalue weighted by Gasteiger charge is 2.19. The van der Waals surface area contributed by atoms with Crippen molar-refractivity contribution in [2.45, 2.75) is 38.5 Å². The van der Waals surface area contributed by atoms with Crippen LogP contribution in [0.1, 0.15) is 23.4 Å². The van der Waals surface area contributed by atoms with Crippen LogP contribution in [0, 0.1) is 0 Å². The average molecular weight is 308 g/mol. The van der Waals surface area contributed by atoms with Gasteiger partial charge in [0.2, 0.25) is 0 Å². The van der Waals surface area contributed by atoms with Crippen LogP contribution in [0.5, 0.6) is 0 Å². The van der Waals surface area contributed by atoms with Crippen LogP contribution in [-0.2, 0) is 26.1 Å². The lowest BCUT2D eigenvalue weighted by Crippen LogP contribution is -2.37. The van der Waals surface area contributed by atoms with Crippen LogP contribution in [0.2, 0.25) is 0 Å². The van der Waals surface area contributed by atoms with Crippen LogP contribution in [0.15, 0.2) is 49.1 Å². The zero-order valence-corrected chi connectivity index (χ0v) is 13.0. The quantitative estimate of drug-likeness (QED) is 0.778. The van der Waals surface area contributed by atoms with Crippen molar-refractivity contribution in [2.75, 3.05) is 0 Å². The van der Waals surface area contributed by atoms with E-state index in [4.69, 9.17) is 0 Å². The normalized spacial score (nSPS) is 17.1. The third-order valence-corrected chi connectivity index (χ3v) is 4.27. The van der Waals surface area contributed by atoms with Crippen LogP contribution < -0.4 is 5.32 Å². The zero-order valence-electron chi connectivity index (χ0n) is 13.0.